The van der Waals surface area contributed by atoms with Crippen LogP contribution in [0.5, 0.6) is 0 Å². The summed E-state index contributed by atoms with van der Waals surface area (Å²) in [6.45, 7) is 8.06. The van der Waals surface area contributed by atoms with Crippen LogP contribution in [0.2, 0.25) is 0 Å². The first kappa shape index (κ1) is 14.1. The van der Waals surface area contributed by atoms with Crippen molar-refractivity contribution >= 4 is 11.6 Å². The van der Waals surface area contributed by atoms with Crippen molar-refractivity contribution in [1.82, 2.24) is 0 Å². The van der Waals surface area contributed by atoms with E-state index in [1.807, 2.05) is 27.7 Å². The highest BCUT2D eigenvalue weighted by Crippen LogP contribution is 2.25. The van der Waals surface area contributed by atoms with Crippen LogP contribution in [0.4, 0.5) is 0 Å². The number of hydrogen-bond donors (Lipinski definition) is 0. The van der Waals surface area contributed by atoms with Gasteiger partial charge in [0.1, 0.15) is 11.6 Å². The van der Waals surface area contributed by atoms with E-state index in [0.29, 0.717) is 12.8 Å². The molecule has 0 amide bonds. The van der Waals surface area contributed by atoms with Gasteiger partial charge in [0, 0.05) is 24.7 Å². The standard InChI is InChI=1S/C15H24O2/c1-10(2)13-9-14(16)12(4)7-5-6-11(3)8-15(13)17/h6,10,12-13H,5,7-9H2,1-4H3/t12-,13+/m1/s1. The van der Waals surface area contributed by atoms with Gasteiger partial charge in [-0.25, -0.2) is 0 Å². The lowest BCUT2D eigenvalue weighted by Crippen LogP contribution is -2.26. The summed E-state index contributed by atoms with van der Waals surface area (Å²) in [6, 6.07) is 0. The number of Topliss-reactive ketones (excluding diaryl/α,β-unsaturated/α-hetero) is 2. The highest BCUT2D eigenvalue weighted by Gasteiger charge is 2.27. The van der Waals surface area contributed by atoms with Gasteiger partial charge in [-0.2, -0.15) is 0 Å². The molecule has 2 atom stereocenters. The molecule has 1 aliphatic carbocycles. The van der Waals surface area contributed by atoms with Crippen molar-refractivity contribution < 1.29 is 9.59 Å². The van der Waals surface area contributed by atoms with Gasteiger partial charge in [0.05, 0.1) is 0 Å². The Bertz CT molecular complexity index is 326. The first-order valence-electron chi connectivity index (χ1n) is 6.63. The van der Waals surface area contributed by atoms with Crippen molar-refractivity contribution in [3.05, 3.63) is 11.6 Å². The molecule has 1 rings (SSSR count). The maximum absolute atomic E-state index is 12.1. The Morgan fingerprint density at radius 1 is 1.24 bits per heavy atom. The number of ketones is 2. The number of rotatable bonds is 1. The van der Waals surface area contributed by atoms with Crippen molar-refractivity contribution in [2.45, 2.75) is 53.4 Å². The lowest BCUT2D eigenvalue weighted by Gasteiger charge is -2.22. The molecule has 17 heavy (non-hydrogen) atoms. The third-order valence-electron chi connectivity index (χ3n) is 3.73. The summed E-state index contributed by atoms with van der Waals surface area (Å²) >= 11 is 0. The monoisotopic (exact) mass is 236 g/mol. The zero-order valence-electron chi connectivity index (χ0n) is 11.5. The Labute approximate surface area is 104 Å². The van der Waals surface area contributed by atoms with Crippen molar-refractivity contribution in [2.24, 2.45) is 17.8 Å². The molecule has 0 spiro atoms. The third kappa shape index (κ3) is 4.10. The van der Waals surface area contributed by atoms with Gasteiger partial charge in [0.15, 0.2) is 0 Å². The van der Waals surface area contributed by atoms with Crippen LogP contribution in [-0.4, -0.2) is 11.6 Å². The second kappa shape index (κ2) is 6.13. The Kier molecular flexibility index (Phi) is 5.10. The van der Waals surface area contributed by atoms with E-state index in [9.17, 15) is 9.59 Å². The lowest BCUT2D eigenvalue weighted by atomic mass is 9.81. The number of allylic oxidation sites excluding steroid dienone is 2. The maximum Gasteiger partial charge on any atom is 0.140 e. The number of carbonyl (C=O) groups excluding carboxylic acids is 2. The maximum atomic E-state index is 12.1. The van der Waals surface area contributed by atoms with Gasteiger partial charge in [-0.15, -0.1) is 0 Å². The van der Waals surface area contributed by atoms with Gasteiger partial charge in [0.25, 0.3) is 0 Å². The molecule has 0 radical (unpaired) electrons. The lowest BCUT2D eigenvalue weighted by molar-refractivity contribution is -0.130. The van der Waals surface area contributed by atoms with E-state index in [-0.39, 0.29) is 29.3 Å². The van der Waals surface area contributed by atoms with E-state index in [2.05, 4.69) is 6.08 Å². The van der Waals surface area contributed by atoms with Crippen LogP contribution in [0.1, 0.15) is 53.4 Å². The molecule has 96 valence electrons. The Balaban J connectivity index is 2.90. The molecule has 0 N–H and O–H groups in total. The molecule has 0 saturated heterocycles. The molecule has 0 aromatic heterocycles. The summed E-state index contributed by atoms with van der Waals surface area (Å²) in [6.07, 6.45) is 4.90. The summed E-state index contributed by atoms with van der Waals surface area (Å²) in [5, 5.41) is 0. The summed E-state index contributed by atoms with van der Waals surface area (Å²) < 4.78 is 0. The number of hydrogen-bond acceptors (Lipinski definition) is 2. The van der Waals surface area contributed by atoms with Crippen molar-refractivity contribution in [1.29, 1.82) is 0 Å². The van der Waals surface area contributed by atoms with Crippen molar-refractivity contribution in [2.75, 3.05) is 0 Å². The molecule has 0 fully saturated rings. The van der Waals surface area contributed by atoms with Gasteiger partial charge in [0.2, 0.25) is 0 Å². The molecule has 1 aliphatic rings. The van der Waals surface area contributed by atoms with Gasteiger partial charge >= 0.3 is 0 Å². The predicted molar refractivity (Wildman–Crippen MR) is 69.7 cm³/mol. The Hall–Kier alpha value is -0.920. The average Bonchev–Trinajstić information content (AvgIpc) is 2.23. The van der Waals surface area contributed by atoms with Crippen LogP contribution in [0.3, 0.4) is 0 Å². The summed E-state index contributed by atoms with van der Waals surface area (Å²) in [7, 11) is 0. The van der Waals surface area contributed by atoms with E-state index in [4.69, 9.17) is 0 Å². The van der Waals surface area contributed by atoms with Gasteiger partial charge in [-0.1, -0.05) is 32.4 Å². The molecule has 2 heteroatoms. The van der Waals surface area contributed by atoms with Crippen LogP contribution in [0, 0.1) is 17.8 Å². The SMILES string of the molecule is CC1=CCC[C@@H](C)C(=O)C[C@@H](C(C)C)C(=O)C1. The van der Waals surface area contributed by atoms with E-state index in [1.54, 1.807) is 0 Å². The average molecular weight is 236 g/mol. The summed E-state index contributed by atoms with van der Waals surface area (Å²) in [5.41, 5.74) is 1.15. The highest BCUT2D eigenvalue weighted by molar-refractivity contribution is 5.90. The van der Waals surface area contributed by atoms with Crippen LogP contribution in [-0.2, 0) is 9.59 Å². The largest absolute Gasteiger partial charge is 0.299 e. The van der Waals surface area contributed by atoms with Crippen LogP contribution < -0.4 is 0 Å². The fourth-order valence-corrected chi connectivity index (χ4v) is 2.36. The fourth-order valence-electron chi connectivity index (χ4n) is 2.36. The second-order valence-corrected chi connectivity index (χ2v) is 5.69. The second-order valence-electron chi connectivity index (χ2n) is 5.69. The minimum absolute atomic E-state index is 0.0891. The molecule has 0 aliphatic heterocycles. The highest BCUT2D eigenvalue weighted by atomic mass is 16.1. The molecular formula is C15H24O2. The molecule has 0 saturated carbocycles. The molecular weight excluding hydrogens is 212 g/mol. The van der Waals surface area contributed by atoms with E-state index < -0.39 is 0 Å². The normalized spacial score (nSPS) is 28.2. The van der Waals surface area contributed by atoms with Gasteiger partial charge < -0.3 is 0 Å². The van der Waals surface area contributed by atoms with Gasteiger partial charge in [-0.3, -0.25) is 9.59 Å². The van der Waals surface area contributed by atoms with E-state index in [1.165, 1.54) is 0 Å². The van der Waals surface area contributed by atoms with E-state index >= 15 is 0 Å². The summed E-state index contributed by atoms with van der Waals surface area (Å²) in [5.74, 6) is 0.740. The zero-order valence-corrected chi connectivity index (χ0v) is 11.5. The van der Waals surface area contributed by atoms with Gasteiger partial charge in [-0.05, 0) is 25.7 Å². The quantitative estimate of drug-likeness (QED) is 0.652. The first-order valence-corrected chi connectivity index (χ1v) is 6.63. The predicted octanol–water partition coefficient (Wildman–Crippen LogP) is 3.55. The minimum Gasteiger partial charge on any atom is -0.299 e. The first-order chi connectivity index (χ1) is 7.91. The fraction of sp³-hybridized carbons (Fsp3) is 0.733. The van der Waals surface area contributed by atoms with Crippen LogP contribution >= 0.6 is 0 Å². The molecule has 0 aromatic rings. The smallest absolute Gasteiger partial charge is 0.140 e. The third-order valence-corrected chi connectivity index (χ3v) is 3.73. The van der Waals surface area contributed by atoms with Crippen molar-refractivity contribution in [3.8, 4) is 0 Å². The Morgan fingerprint density at radius 3 is 2.47 bits per heavy atom. The van der Waals surface area contributed by atoms with Crippen LogP contribution in [0.25, 0.3) is 0 Å². The molecule has 2 nitrogen and oxygen atoms in total. The molecule has 0 bridgehead atoms. The molecule has 0 heterocycles. The number of carbonyl (C=O) groups is 2. The zero-order chi connectivity index (χ0) is 13.0. The Morgan fingerprint density at radius 2 is 1.88 bits per heavy atom. The van der Waals surface area contributed by atoms with E-state index in [0.717, 1.165) is 18.4 Å². The van der Waals surface area contributed by atoms with Crippen molar-refractivity contribution in [3.63, 3.8) is 0 Å². The molecule has 0 aromatic carbocycles. The molecule has 0 unspecified atom stereocenters. The topological polar surface area (TPSA) is 34.1 Å². The van der Waals surface area contributed by atoms with Crippen LogP contribution in [0.15, 0.2) is 11.6 Å². The minimum atomic E-state index is -0.0913. The summed E-state index contributed by atoms with van der Waals surface area (Å²) in [4.78, 5) is 24.1.